The first-order valence-electron chi connectivity index (χ1n) is 9.44. The summed E-state index contributed by atoms with van der Waals surface area (Å²) in [5.41, 5.74) is -1.03. The quantitative estimate of drug-likeness (QED) is 0.634. The number of halogens is 4. The van der Waals surface area contributed by atoms with E-state index in [-0.39, 0.29) is 29.8 Å². The van der Waals surface area contributed by atoms with Gasteiger partial charge in [-0.3, -0.25) is 4.79 Å². The maximum absolute atomic E-state index is 14.6. The normalized spacial score (nSPS) is 16.9. The highest BCUT2D eigenvalue weighted by Gasteiger charge is 2.33. The summed E-state index contributed by atoms with van der Waals surface area (Å²) in [6, 6.07) is 4.56. The number of benzene rings is 1. The highest BCUT2D eigenvalue weighted by atomic mass is 19.4. The van der Waals surface area contributed by atoms with Crippen LogP contribution in [0.5, 0.6) is 0 Å². The van der Waals surface area contributed by atoms with Crippen LogP contribution in [0.25, 0.3) is 5.69 Å². The van der Waals surface area contributed by atoms with E-state index in [1.54, 1.807) is 0 Å². The average molecular weight is 435 g/mol. The molecule has 2 aromatic heterocycles. The Morgan fingerprint density at radius 3 is 2.65 bits per heavy atom. The molecule has 1 aliphatic heterocycles. The fraction of sp³-hybridized carbons (Fsp3) is 0.316. The molecule has 8 nitrogen and oxygen atoms in total. The molecule has 1 fully saturated rings. The predicted octanol–water partition coefficient (Wildman–Crippen LogP) is 2.93. The smallest absolute Gasteiger partial charge is 0.350 e. The number of anilines is 1. The van der Waals surface area contributed by atoms with Gasteiger partial charge in [-0.05, 0) is 31.0 Å². The number of nitrogens with one attached hydrogen (secondary N) is 1. The summed E-state index contributed by atoms with van der Waals surface area (Å²) in [6.07, 6.45) is 0.423. The predicted molar refractivity (Wildman–Crippen MR) is 101 cm³/mol. The molecule has 1 atom stereocenters. The molecule has 0 saturated carbocycles. The second-order valence-corrected chi connectivity index (χ2v) is 6.95. The molecule has 3 heterocycles. The zero-order chi connectivity index (χ0) is 22.0. The van der Waals surface area contributed by atoms with E-state index in [0.29, 0.717) is 19.4 Å². The number of carbonyl (C=O) groups is 1. The van der Waals surface area contributed by atoms with Crippen molar-refractivity contribution in [3.63, 3.8) is 0 Å². The van der Waals surface area contributed by atoms with Gasteiger partial charge in [0.05, 0.1) is 12.4 Å². The van der Waals surface area contributed by atoms with Crippen LogP contribution in [-0.4, -0.2) is 54.9 Å². The number of likely N-dealkylation sites (tertiary alicyclic amines) is 1. The minimum Gasteiger partial charge on any atom is -0.350 e. The first-order valence-corrected chi connectivity index (χ1v) is 9.44. The van der Waals surface area contributed by atoms with Crippen LogP contribution >= 0.6 is 0 Å². The van der Waals surface area contributed by atoms with Gasteiger partial charge in [0.1, 0.15) is 22.8 Å². The molecule has 1 saturated heterocycles. The van der Waals surface area contributed by atoms with Crippen molar-refractivity contribution in [2.75, 3.05) is 18.4 Å². The molecule has 1 aliphatic rings. The van der Waals surface area contributed by atoms with Crippen molar-refractivity contribution >= 4 is 11.9 Å². The standard InChI is InChI=1S/C19H17F4N7O/c20-13-4-1-5-14(30-25-8-9-26-30)16(13)17(31)29-10-2-3-12(11-29)27-18-24-7-6-15(28-18)19(21,22)23/h1,4-9,12H,2-3,10-11H2,(H,24,27,28). The average Bonchev–Trinajstić information content (AvgIpc) is 3.28. The van der Waals surface area contributed by atoms with Crippen LogP contribution in [0.2, 0.25) is 0 Å². The molecule has 162 valence electrons. The van der Waals surface area contributed by atoms with Crippen molar-refractivity contribution in [1.82, 2.24) is 29.9 Å². The maximum atomic E-state index is 14.6. The van der Waals surface area contributed by atoms with E-state index in [0.717, 1.165) is 17.1 Å². The molecule has 12 heteroatoms. The van der Waals surface area contributed by atoms with Crippen molar-refractivity contribution in [1.29, 1.82) is 0 Å². The van der Waals surface area contributed by atoms with Gasteiger partial charge in [-0.25, -0.2) is 14.4 Å². The summed E-state index contributed by atoms with van der Waals surface area (Å²) in [4.78, 5) is 23.1. The lowest BCUT2D eigenvalue weighted by molar-refractivity contribution is -0.141. The lowest BCUT2D eigenvalue weighted by Crippen LogP contribution is -2.45. The molecule has 1 unspecified atom stereocenters. The Balaban J connectivity index is 1.53. The summed E-state index contributed by atoms with van der Waals surface area (Å²) < 4.78 is 53.2. The third kappa shape index (κ3) is 4.47. The molecule has 0 spiro atoms. The van der Waals surface area contributed by atoms with Crippen LogP contribution in [0.15, 0.2) is 42.9 Å². The summed E-state index contributed by atoms with van der Waals surface area (Å²) in [5.74, 6) is -1.44. The lowest BCUT2D eigenvalue weighted by Gasteiger charge is -2.33. The third-order valence-electron chi connectivity index (χ3n) is 4.83. The van der Waals surface area contributed by atoms with Gasteiger partial charge >= 0.3 is 6.18 Å². The van der Waals surface area contributed by atoms with Gasteiger partial charge in [-0.15, -0.1) is 0 Å². The van der Waals surface area contributed by atoms with Gasteiger partial charge in [0.15, 0.2) is 0 Å². The van der Waals surface area contributed by atoms with E-state index >= 15 is 0 Å². The van der Waals surface area contributed by atoms with Crippen molar-refractivity contribution in [3.05, 3.63) is 59.9 Å². The van der Waals surface area contributed by atoms with Crippen molar-refractivity contribution in [3.8, 4) is 5.69 Å². The minimum atomic E-state index is -4.59. The summed E-state index contributed by atoms with van der Waals surface area (Å²) in [6.45, 7) is 0.527. The molecular formula is C19H17F4N7O. The Morgan fingerprint density at radius 2 is 1.90 bits per heavy atom. The summed E-state index contributed by atoms with van der Waals surface area (Å²) >= 11 is 0. The number of nitrogens with zero attached hydrogens (tertiary/aromatic N) is 6. The van der Waals surface area contributed by atoms with E-state index < -0.39 is 23.6 Å². The third-order valence-corrected chi connectivity index (χ3v) is 4.83. The van der Waals surface area contributed by atoms with E-state index in [2.05, 4.69) is 25.5 Å². The Kier molecular flexibility index (Phi) is 5.53. The van der Waals surface area contributed by atoms with Crippen LogP contribution < -0.4 is 5.32 Å². The second-order valence-electron chi connectivity index (χ2n) is 6.95. The fourth-order valence-corrected chi connectivity index (χ4v) is 3.44. The van der Waals surface area contributed by atoms with Gasteiger partial charge in [0.2, 0.25) is 5.95 Å². The van der Waals surface area contributed by atoms with Gasteiger partial charge in [-0.1, -0.05) is 6.07 Å². The number of piperidine rings is 1. The SMILES string of the molecule is O=C(c1c(F)cccc1-n1nccn1)N1CCCC(Nc2nccc(C(F)(F)F)n2)C1. The van der Waals surface area contributed by atoms with E-state index in [1.807, 2.05) is 0 Å². The van der Waals surface area contributed by atoms with E-state index in [4.69, 9.17) is 0 Å². The molecule has 4 rings (SSSR count). The van der Waals surface area contributed by atoms with Crippen LogP contribution in [0.4, 0.5) is 23.5 Å². The maximum Gasteiger partial charge on any atom is 0.433 e. The van der Waals surface area contributed by atoms with Gasteiger partial charge < -0.3 is 10.2 Å². The lowest BCUT2D eigenvalue weighted by atomic mass is 10.0. The number of alkyl halides is 3. The zero-order valence-electron chi connectivity index (χ0n) is 16.1. The van der Waals surface area contributed by atoms with Crippen molar-refractivity contribution in [2.45, 2.75) is 25.1 Å². The molecule has 3 aromatic rings. The van der Waals surface area contributed by atoms with Gasteiger partial charge in [0.25, 0.3) is 5.91 Å². The summed E-state index contributed by atoms with van der Waals surface area (Å²) in [5, 5.41) is 10.8. The molecule has 1 amide bonds. The Bertz CT molecular complexity index is 1070. The number of hydrogen-bond donors (Lipinski definition) is 1. The summed E-state index contributed by atoms with van der Waals surface area (Å²) in [7, 11) is 0. The van der Waals surface area contributed by atoms with Crippen LogP contribution in [-0.2, 0) is 6.18 Å². The molecule has 1 N–H and O–H groups in total. The molecule has 1 aromatic carbocycles. The van der Waals surface area contributed by atoms with E-state index in [9.17, 15) is 22.4 Å². The largest absolute Gasteiger partial charge is 0.433 e. The number of amides is 1. The zero-order valence-corrected chi connectivity index (χ0v) is 16.1. The highest BCUT2D eigenvalue weighted by Crippen LogP contribution is 2.28. The van der Waals surface area contributed by atoms with Crippen LogP contribution in [0, 0.1) is 5.82 Å². The molecule has 0 radical (unpaired) electrons. The minimum absolute atomic E-state index is 0.152. The molecule has 31 heavy (non-hydrogen) atoms. The number of rotatable bonds is 4. The topological polar surface area (TPSA) is 88.8 Å². The van der Waals surface area contributed by atoms with Crippen molar-refractivity contribution in [2.24, 2.45) is 0 Å². The highest BCUT2D eigenvalue weighted by molar-refractivity contribution is 5.98. The Morgan fingerprint density at radius 1 is 1.13 bits per heavy atom. The molecule has 0 aliphatic carbocycles. The molecular weight excluding hydrogens is 418 g/mol. The fourth-order valence-electron chi connectivity index (χ4n) is 3.44. The number of aromatic nitrogens is 5. The van der Waals surface area contributed by atoms with Crippen LogP contribution in [0.3, 0.4) is 0 Å². The number of hydrogen-bond acceptors (Lipinski definition) is 6. The number of carbonyl (C=O) groups excluding carboxylic acids is 1. The van der Waals surface area contributed by atoms with Gasteiger partial charge in [-0.2, -0.15) is 28.2 Å². The molecule has 0 bridgehead atoms. The van der Waals surface area contributed by atoms with Crippen LogP contribution in [0.1, 0.15) is 28.9 Å². The Hall–Kier alpha value is -3.57. The Labute approximate surface area is 173 Å². The van der Waals surface area contributed by atoms with E-state index in [1.165, 1.54) is 35.5 Å². The second kappa shape index (κ2) is 8.28. The van der Waals surface area contributed by atoms with Gasteiger partial charge in [0, 0.05) is 25.3 Å². The van der Waals surface area contributed by atoms with Crippen molar-refractivity contribution < 1.29 is 22.4 Å². The first kappa shape index (κ1) is 20.7. The first-order chi connectivity index (χ1) is 14.8. The monoisotopic (exact) mass is 435 g/mol.